The van der Waals surface area contributed by atoms with Gasteiger partial charge in [-0.05, 0) is 42.8 Å². The third kappa shape index (κ3) is 10.8. The lowest BCUT2D eigenvalue weighted by molar-refractivity contribution is 0.241. The molecule has 0 heterocycles. The van der Waals surface area contributed by atoms with Crippen molar-refractivity contribution in [3.63, 3.8) is 0 Å². The molecule has 0 aliphatic heterocycles. The monoisotopic (exact) mass is 514 g/mol. The molecule has 1 rings (SSSR count). The molecule has 0 spiro atoms. The summed E-state index contributed by atoms with van der Waals surface area (Å²) < 4.78 is 36.7. The Morgan fingerprint density at radius 1 is 1.22 bits per heavy atom. The van der Waals surface area contributed by atoms with Crippen molar-refractivity contribution in [3.8, 4) is 0 Å². The Morgan fingerprint density at radius 2 is 1.85 bits per heavy atom. The van der Waals surface area contributed by atoms with Gasteiger partial charge in [0.25, 0.3) is 0 Å². The van der Waals surface area contributed by atoms with E-state index in [1.165, 1.54) is 24.5 Å². The first-order valence-electron chi connectivity index (χ1n) is 8.46. The standard InChI is InChI=1S/C18H31FN4O2S.HI/c1-18(2,13-23(4)5)12-22-17(20-3)21-10-15-9-16(19)8-7-14(15)11-26(6,24)25;/h7-9H,10-13H2,1-6H3,(H2,20,21,22);1H. The van der Waals surface area contributed by atoms with E-state index in [1.807, 2.05) is 14.1 Å². The van der Waals surface area contributed by atoms with Gasteiger partial charge in [0.1, 0.15) is 5.82 Å². The van der Waals surface area contributed by atoms with Gasteiger partial charge in [-0.15, -0.1) is 24.0 Å². The van der Waals surface area contributed by atoms with Crippen molar-refractivity contribution in [3.05, 3.63) is 35.1 Å². The van der Waals surface area contributed by atoms with Gasteiger partial charge in [0.05, 0.1) is 5.75 Å². The van der Waals surface area contributed by atoms with Gasteiger partial charge in [-0.1, -0.05) is 19.9 Å². The van der Waals surface area contributed by atoms with Crippen LogP contribution in [0.5, 0.6) is 0 Å². The zero-order chi connectivity index (χ0) is 20.0. The number of aliphatic imine (C=N–C) groups is 1. The van der Waals surface area contributed by atoms with Crippen molar-refractivity contribution in [2.24, 2.45) is 10.4 Å². The first-order valence-corrected chi connectivity index (χ1v) is 10.5. The number of benzene rings is 1. The van der Waals surface area contributed by atoms with Crippen LogP contribution >= 0.6 is 24.0 Å². The molecule has 0 aliphatic rings. The maximum atomic E-state index is 13.6. The van der Waals surface area contributed by atoms with Crippen LogP contribution in [0.15, 0.2) is 23.2 Å². The Kier molecular flexibility index (Phi) is 10.8. The summed E-state index contributed by atoms with van der Waals surface area (Å²) in [5.74, 6) is 0.0761. The van der Waals surface area contributed by atoms with E-state index >= 15 is 0 Å². The molecule has 0 aliphatic carbocycles. The van der Waals surface area contributed by atoms with Crippen molar-refractivity contribution >= 4 is 39.8 Å². The van der Waals surface area contributed by atoms with Crippen LogP contribution in [0.25, 0.3) is 0 Å². The summed E-state index contributed by atoms with van der Waals surface area (Å²) in [7, 11) is 2.53. The minimum absolute atomic E-state index is 0. The average Bonchev–Trinajstić information content (AvgIpc) is 2.47. The van der Waals surface area contributed by atoms with E-state index in [2.05, 4.69) is 34.4 Å². The molecule has 0 aromatic heterocycles. The Hall–Kier alpha value is -0.940. The maximum absolute atomic E-state index is 13.6. The molecule has 2 N–H and O–H groups in total. The Bertz CT molecular complexity index is 737. The fourth-order valence-electron chi connectivity index (χ4n) is 2.82. The second-order valence-electron chi connectivity index (χ2n) is 7.66. The predicted octanol–water partition coefficient (Wildman–Crippen LogP) is 2.24. The largest absolute Gasteiger partial charge is 0.356 e. The highest BCUT2D eigenvalue weighted by molar-refractivity contribution is 14.0. The van der Waals surface area contributed by atoms with Crippen molar-refractivity contribution in [1.82, 2.24) is 15.5 Å². The Balaban J connectivity index is 0.00000676. The maximum Gasteiger partial charge on any atom is 0.191 e. The molecule has 0 fully saturated rings. The van der Waals surface area contributed by atoms with Gasteiger partial charge in [-0.25, -0.2) is 12.8 Å². The van der Waals surface area contributed by atoms with Crippen LogP contribution < -0.4 is 10.6 Å². The molecule has 0 bridgehead atoms. The van der Waals surface area contributed by atoms with E-state index in [1.54, 1.807) is 7.05 Å². The summed E-state index contributed by atoms with van der Waals surface area (Å²) in [5.41, 5.74) is 1.23. The van der Waals surface area contributed by atoms with Gasteiger partial charge < -0.3 is 15.5 Å². The lowest BCUT2D eigenvalue weighted by Gasteiger charge is -2.29. The summed E-state index contributed by atoms with van der Waals surface area (Å²) in [6.07, 6.45) is 1.17. The zero-order valence-corrected chi connectivity index (χ0v) is 20.1. The molecule has 6 nitrogen and oxygen atoms in total. The van der Waals surface area contributed by atoms with Crippen LogP contribution in [0.3, 0.4) is 0 Å². The number of guanidine groups is 1. The number of nitrogens with one attached hydrogen (secondary N) is 2. The Morgan fingerprint density at radius 3 is 2.37 bits per heavy atom. The molecule has 0 saturated carbocycles. The molecule has 0 radical (unpaired) electrons. The first-order chi connectivity index (χ1) is 11.9. The smallest absolute Gasteiger partial charge is 0.191 e. The van der Waals surface area contributed by atoms with Gasteiger partial charge in [0, 0.05) is 32.9 Å². The minimum Gasteiger partial charge on any atom is -0.356 e. The first kappa shape index (κ1) is 26.1. The number of nitrogens with zero attached hydrogens (tertiary/aromatic N) is 2. The summed E-state index contributed by atoms with van der Waals surface area (Å²) in [5, 5.41) is 6.40. The van der Waals surface area contributed by atoms with E-state index < -0.39 is 15.7 Å². The molecule has 0 unspecified atom stereocenters. The van der Waals surface area contributed by atoms with Crippen molar-refractivity contribution in [2.45, 2.75) is 26.1 Å². The highest BCUT2D eigenvalue weighted by Gasteiger charge is 2.19. The lowest BCUT2D eigenvalue weighted by Crippen LogP contribution is -2.44. The number of hydrogen-bond donors (Lipinski definition) is 2. The molecular weight excluding hydrogens is 482 g/mol. The van der Waals surface area contributed by atoms with Gasteiger partial charge >= 0.3 is 0 Å². The van der Waals surface area contributed by atoms with Gasteiger partial charge in [-0.2, -0.15) is 0 Å². The van der Waals surface area contributed by atoms with Crippen LogP contribution in [0.4, 0.5) is 4.39 Å². The third-order valence-electron chi connectivity index (χ3n) is 3.73. The van der Waals surface area contributed by atoms with Crippen molar-refractivity contribution in [1.29, 1.82) is 0 Å². The summed E-state index contributed by atoms with van der Waals surface area (Å²) in [4.78, 5) is 6.31. The van der Waals surface area contributed by atoms with Crippen LogP contribution in [0.1, 0.15) is 25.0 Å². The van der Waals surface area contributed by atoms with E-state index in [0.717, 1.165) is 6.54 Å². The van der Waals surface area contributed by atoms with Gasteiger partial charge in [-0.3, -0.25) is 4.99 Å². The molecule has 1 aromatic rings. The van der Waals surface area contributed by atoms with Gasteiger partial charge in [0.15, 0.2) is 15.8 Å². The fourth-order valence-corrected chi connectivity index (χ4v) is 3.66. The van der Waals surface area contributed by atoms with E-state index in [9.17, 15) is 12.8 Å². The normalized spacial score (nSPS) is 12.7. The molecule has 27 heavy (non-hydrogen) atoms. The molecular formula is C18H32FIN4O2S. The fraction of sp³-hybridized carbons (Fsp3) is 0.611. The number of halogens is 2. The lowest BCUT2D eigenvalue weighted by atomic mass is 9.93. The molecule has 1 aromatic carbocycles. The molecule has 0 atom stereocenters. The molecule has 0 saturated heterocycles. The predicted molar refractivity (Wildman–Crippen MR) is 121 cm³/mol. The quantitative estimate of drug-likeness (QED) is 0.316. The minimum atomic E-state index is -3.20. The van der Waals surface area contributed by atoms with Gasteiger partial charge in [0.2, 0.25) is 0 Å². The summed E-state index contributed by atoms with van der Waals surface area (Å²) in [6.45, 7) is 6.23. The summed E-state index contributed by atoms with van der Waals surface area (Å²) in [6, 6.07) is 4.15. The SMILES string of the molecule is CN=C(NCc1cc(F)ccc1CS(C)(=O)=O)NCC(C)(C)CN(C)C.I. The van der Waals surface area contributed by atoms with Crippen LogP contribution in [-0.2, 0) is 22.1 Å². The third-order valence-corrected chi connectivity index (χ3v) is 4.57. The second-order valence-corrected chi connectivity index (χ2v) is 9.80. The molecule has 9 heteroatoms. The van der Waals surface area contributed by atoms with Crippen molar-refractivity contribution < 1.29 is 12.8 Å². The van der Waals surface area contributed by atoms with E-state index in [-0.39, 0.29) is 41.7 Å². The number of sulfone groups is 1. The summed E-state index contributed by atoms with van der Waals surface area (Å²) >= 11 is 0. The highest BCUT2D eigenvalue weighted by atomic mass is 127. The van der Waals surface area contributed by atoms with E-state index in [4.69, 9.17) is 0 Å². The number of rotatable bonds is 8. The zero-order valence-electron chi connectivity index (χ0n) is 17.0. The molecule has 156 valence electrons. The second kappa shape index (κ2) is 11.2. The van der Waals surface area contributed by atoms with Crippen LogP contribution in [-0.4, -0.2) is 59.8 Å². The van der Waals surface area contributed by atoms with Crippen LogP contribution in [0.2, 0.25) is 0 Å². The molecule has 0 amide bonds. The highest BCUT2D eigenvalue weighted by Crippen LogP contribution is 2.15. The number of hydrogen-bond acceptors (Lipinski definition) is 4. The Labute approximate surface area is 180 Å². The topological polar surface area (TPSA) is 73.8 Å². The average molecular weight is 514 g/mol. The van der Waals surface area contributed by atoms with Crippen LogP contribution in [0, 0.1) is 11.2 Å². The van der Waals surface area contributed by atoms with E-state index in [0.29, 0.717) is 23.6 Å². The van der Waals surface area contributed by atoms with Crippen molar-refractivity contribution in [2.75, 3.05) is 40.5 Å².